The summed E-state index contributed by atoms with van der Waals surface area (Å²) in [5.41, 5.74) is 0. The summed E-state index contributed by atoms with van der Waals surface area (Å²) >= 11 is 0. The first-order valence-corrected chi connectivity index (χ1v) is 5.58. The lowest BCUT2D eigenvalue weighted by molar-refractivity contribution is -0.119. The van der Waals surface area contributed by atoms with Crippen molar-refractivity contribution in [3.8, 4) is 0 Å². The van der Waals surface area contributed by atoms with Gasteiger partial charge in [0.2, 0.25) is 0 Å². The summed E-state index contributed by atoms with van der Waals surface area (Å²) in [6, 6.07) is -1.11. The molecule has 0 aliphatic carbocycles. The highest BCUT2D eigenvalue weighted by atomic mass is 32.2. The zero-order chi connectivity index (χ0) is 9.84. The van der Waals surface area contributed by atoms with E-state index in [0.29, 0.717) is 5.75 Å². The predicted molar refractivity (Wildman–Crippen MR) is 48.6 cm³/mol. The number of carbonyl (C=O) groups is 2. The molecule has 2 N–H and O–H groups in total. The van der Waals surface area contributed by atoms with E-state index >= 15 is 0 Å². The number of carbonyl (C=O) groups excluding carboxylic acids is 2. The van der Waals surface area contributed by atoms with Crippen molar-refractivity contribution in [3.63, 3.8) is 0 Å². The first kappa shape index (κ1) is 10.2. The van der Waals surface area contributed by atoms with E-state index in [0.717, 1.165) is 6.42 Å². The fourth-order valence-corrected chi connectivity index (χ4v) is 2.30. The van der Waals surface area contributed by atoms with Crippen LogP contribution in [0, 0.1) is 0 Å². The minimum Gasteiger partial charge on any atom is -0.325 e. The van der Waals surface area contributed by atoms with Gasteiger partial charge in [0.15, 0.2) is 0 Å². The Morgan fingerprint density at radius 3 is 2.62 bits per heavy atom. The highest BCUT2D eigenvalue weighted by Gasteiger charge is 2.30. The molecule has 0 aromatic rings. The first-order valence-electron chi connectivity index (χ1n) is 4.09. The maximum absolute atomic E-state index is 11.2. The quantitative estimate of drug-likeness (QED) is 0.598. The van der Waals surface area contributed by atoms with Gasteiger partial charge in [-0.05, 0) is 6.42 Å². The van der Waals surface area contributed by atoms with Gasteiger partial charge in [-0.25, -0.2) is 4.79 Å². The summed E-state index contributed by atoms with van der Waals surface area (Å²) in [6.45, 7) is 1.92. The Kier molecular flexibility index (Phi) is 3.41. The minimum atomic E-state index is -1.02. The molecule has 2 atom stereocenters. The fourth-order valence-electron chi connectivity index (χ4n) is 1.07. The number of amides is 3. The van der Waals surface area contributed by atoms with E-state index in [4.69, 9.17) is 0 Å². The molecule has 1 heterocycles. The Balaban J connectivity index is 2.41. The van der Waals surface area contributed by atoms with Crippen LogP contribution in [0.1, 0.15) is 13.3 Å². The van der Waals surface area contributed by atoms with Crippen molar-refractivity contribution in [1.82, 2.24) is 10.6 Å². The van der Waals surface area contributed by atoms with Crippen molar-refractivity contribution < 1.29 is 13.8 Å². The van der Waals surface area contributed by atoms with E-state index in [1.54, 1.807) is 0 Å². The topological polar surface area (TPSA) is 75.3 Å². The molecule has 0 spiro atoms. The zero-order valence-electron chi connectivity index (χ0n) is 7.33. The molecule has 13 heavy (non-hydrogen) atoms. The Labute approximate surface area is 78.7 Å². The van der Waals surface area contributed by atoms with Gasteiger partial charge in [-0.2, -0.15) is 0 Å². The third-order valence-electron chi connectivity index (χ3n) is 1.64. The van der Waals surface area contributed by atoms with Crippen LogP contribution in [-0.4, -0.2) is 33.7 Å². The van der Waals surface area contributed by atoms with Gasteiger partial charge in [0.25, 0.3) is 5.91 Å². The van der Waals surface area contributed by atoms with Crippen molar-refractivity contribution in [2.24, 2.45) is 0 Å². The van der Waals surface area contributed by atoms with Crippen LogP contribution in [0.2, 0.25) is 0 Å². The third-order valence-corrected chi connectivity index (χ3v) is 3.21. The SMILES string of the molecule is CCCS(=O)C[C@@H]1NC(=O)NC1=O. The number of rotatable bonds is 4. The van der Waals surface area contributed by atoms with Gasteiger partial charge in [-0.1, -0.05) is 6.92 Å². The molecule has 6 heteroatoms. The largest absolute Gasteiger partial charge is 0.325 e. The number of hydrogen-bond donors (Lipinski definition) is 2. The monoisotopic (exact) mass is 204 g/mol. The van der Waals surface area contributed by atoms with Crippen molar-refractivity contribution in [1.29, 1.82) is 0 Å². The molecular weight excluding hydrogens is 192 g/mol. The van der Waals surface area contributed by atoms with Crippen molar-refractivity contribution in [3.05, 3.63) is 0 Å². The molecule has 0 bridgehead atoms. The number of hydrogen-bond acceptors (Lipinski definition) is 3. The molecular formula is C7H12N2O3S. The van der Waals surface area contributed by atoms with Crippen molar-refractivity contribution in [2.45, 2.75) is 19.4 Å². The van der Waals surface area contributed by atoms with E-state index < -0.39 is 22.9 Å². The van der Waals surface area contributed by atoms with Crippen molar-refractivity contribution >= 4 is 22.7 Å². The molecule has 1 unspecified atom stereocenters. The lowest BCUT2D eigenvalue weighted by atomic mass is 10.3. The first-order chi connectivity index (χ1) is 6.13. The maximum atomic E-state index is 11.2. The van der Waals surface area contributed by atoms with Crippen LogP contribution >= 0.6 is 0 Å². The van der Waals surface area contributed by atoms with Crippen molar-refractivity contribution in [2.75, 3.05) is 11.5 Å². The van der Waals surface area contributed by atoms with E-state index in [2.05, 4.69) is 10.6 Å². The Bertz CT molecular complexity index is 254. The summed E-state index contributed by atoms with van der Waals surface area (Å²) < 4.78 is 11.2. The average molecular weight is 204 g/mol. The summed E-state index contributed by atoms with van der Waals surface area (Å²) in [7, 11) is -1.02. The van der Waals surface area contributed by atoms with E-state index in [1.807, 2.05) is 6.92 Å². The van der Waals surface area contributed by atoms with E-state index in [9.17, 15) is 13.8 Å². The van der Waals surface area contributed by atoms with Gasteiger partial charge in [-0.3, -0.25) is 14.3 Å². The van der Waals surface area contributed by atoms with Gasteiger partial charge in [0.05, 0.1) is 5.75 Å². The van der Waals surface area contributed by atoms with Gasteiger partial charge in [0, 0.05) is 16.6 Å². The lowest BCUT2D eigenvalue weighted by Crippen LogP contribution is -2.34. The molecule has 74 valence electrons. The standard InChI is InChI=1S/C7H12N2O3S/c1-2-3-13(12)4-5-6(10)9-7(11)8-5/h5H,2-4H2,1H3,(H2,8,9,10,11)/t5-,13?/m0/s1. The van der Waals surface area contributed by atoms with Gasteiger partial charge < -0.3 is 5.32 Å². The maximum Gasteiger partial charge on any atom is 0.322 e. The fraction of sp³-hybridized carbons (Fsp3) is 0.714. The van der Waals surface area contributed by atoms with Crippen LogP contribution in [0.4, 0.5) is 4.79 Å². The second-order valence-electron chi connectivity index (χ2n) is 2.83. The molecule has 0 aromatic carbocycles. The molecule has 3 amide bonds. The Morgan fingerprint density at radius 2 is 2.15 bits per heavy atom. The Morgan fingerprint density at radius 1 is 1.46 bits per heavy atom. The summed E-state index contributed by atoms with van der Waals surface area (Å²) in [4.78, 5) is 21.7. The van der Waals surface area contributed by atoms with E-state index in [-0.39, 0.29) is 11.7 Å². The molecule has 0 radical (unpaired) electrons. The van der Waals surface area contributed by atoms with Crippen LogP contribution in [0.25, 0.3) is 0 Å². The summed E-state index contributed by atoms with van der Waals surface area (Å²) in [5.74, 6) is 0.403. The number of nitrogens with one attached hydrogen (secondary N) is 2. The van der Waals surface area contributed by atoms with E-state index in [1.165, 1.54) is 0 Å². The van der Waals surface area contributed by atoms with Gasteiger partial charge >= 0.3 is 6.03 Å². The molecule has 1 aliphatic rings. The third kappa shape index (κ3) is 2.80. The highest BCUT2D eigenvalue weighted by molar-refractivity contribution is 7.85. The highest BCUT2D eigenvalue weighted by Crippen LogP contribution is 1.97. The molecule has 1 fully saturated rings. The summed E-state index contributed by atoms with van der Waals surface area (Å²) in [6.07, 6.45) is 0.814. The smallest absolute Gasteiger partial charge is 0.322 e. The van der Waals surface area contributed by atoms with Crippen LogP contribution < -0.4 is 10.6 Å². The molecule has 1 saturated heterocycles. The normalized spacial score (nSPS) is 23.9. The average Bonchev–Trinajstić information content (AvgIpc) is 2.30. The molecule has 0 saturated carbocycles. The lowest BCUT2D eigenvalue weighted by Gasteiger charge is -2.05. The minimum absolute atomic E-state index is 0.214. The van der Waals surface area contributed by atoms with Crippen LogP contribution in [0.5, 0.6) is 0 Å². The second kappa shape index (κ2) is 4.36. The molecule has 5 nitrogen and oxygen atoms in total. The molecule has 1 rings (SSSR count). The summed E-state index contributed by atoms with van der Waals surface area (Å²) in [5, 5.41) is 4.49. The molecule has 1 aliphatic heterocycles. The Hall–Kier alpha value is -0.910. The second-order valence-corrected chi connectivity index (χ2v) is 4.45. The van der Waals surface area contributed by atoms with Crippen LogP contribution in [0.15, 0.2) is 0 Å². The number of imide groups is 1. The number of urea groups is 1. The van der Waals surface area contributed by atoms with Crippen LogP contribution in [0.3, 0.4) is 0 Å². The van der Waals surface area contributed by atoms with Gasteiger partial charge in [0.1, 0.15) is 6.04 Å². The zero-order valence-corrected chi connectivity index (χ0v) is 8.15. The van der Waals surface area contributed by atoms with Crippen LogP contribution in [-0.2, 0) is 15.6 Å². The van der Waals surface area contributed by atoms with Gasteiger partial charge in [-0.15, -0.1) is 0 Å². The predicted octanol–water partition coefficient (Wildman–Crippen LogP) is -0.647. The molecule has 0 aromatic heterocycles.